The number of carbonyl (C=O) groups excluding carboxylic acids is 2. The molecule has 4 aromatic rings. The van der Waals surface area contributed by atoms with Gasteiger partial charge in [-0.05, 0) is 66.8 Å². The van der Waals surface area contributed by atoms with Crippen LogP contribution in [0, 0.1) is 13.8 Å². The van der Waals surface area contributed by atoms with Crippen LogP contribution in [-0.4, -0.2) is 35.0 Å². The zero-order valence-electron chi connectivity index (χ0n) is 21.3. The maximum Gasteiger partial charge on any atom is 0.301 e. The molecule has 0 aliphatic carbocycles. The fourth-order valence-corrected chi connectivity index (χ4v) is 6.26. The number of ketones is 1. The van der Waals surface area contributed by atoms with E-state index in [4.69, 9.17) is 14.5 Å². The van der Waals surface area contributed by atoms with Gasteiger partial charge in [-0.25, -0.2) is 4.98 Å². The first-order valence-electron chi connectivity index (χ1n) is 12.5. The first-order valence-corrected chi connectivity index (χ1v) is 13.3. The van der Waals surface area contributed by atoms with Crippen molar-refractivity contribution in [2.45, 2.75) is 33.2 Å². The van der Waals surface area contributed by atoms with Crippen LogP contribution in [0.1, 0.15) is 40.8 Å². The lowest BCUT2D eigenvalue weighted by Gasteiger charge is -2.23. The molecule has 3 aromatic carbocycles. The van der Waals surface area contributed by atoms with Crippen LogP contribution in [-0.2, 0) is 16.0 Å². The van der Waals surface area contributed by atoms with Crippen molar-refractivity contribution >= 4 is 44.1 Å². The summed E-state index contributed by atoms with van der Waals surface area (Å²) in [5, 5.41) is 11.9. The summed E-state index contributed by atoms with van der Waals surface area (Å²) in [6, 6.07) is 16.0. The zero-order valence-corrected chi connectivity index (χ0v) is 22.1. The fraction of sp³-hybridized carbons (Fsp3) is 0.233. The molecule has 38 heavy (non-hydrogen) atoms. The maximum atomic E-state index is 13.6. The number of aliphatic hydroxyl groups excluding tert-OH is 1. The number of thiazole rings is 1. The van der Waals surface area contributed by atoms with Gasteiger partial charge in [-0.15, -0.1) is 0 Å². The van der Waals surface area contributed by atoms with E-state index in [1.807, 2.05) is 50.2 Å². The van der Waals surface area contributed by atoms with E-state index < -0.39 is 17.7 Å². The Morgan fingerprint density at radius 3 is 2.50 bits per heavy atom. The summed E-state index contributed by atoms with van der Waals surface area (Å²) in [6.07, 6.45) is 0.855. The molecule has 1 amide bonds. The molecule has 2 aliphatic heterocycles. The van der Waals surface area contributed by atoms with Gasteiger partial charge in [-0.1, -0.05) is 48.6 Å². The number of anilines is 1. The van der Waals surface area contributed by atoms with Gasteiger partial charge < -0.3 is 14.6 Å². The lowest BCUT2D eigenvalue weighted by Crippen LogP contribution is -2.29. The maximum absolute atomic E-state index is 13.6. The average molecular weight is 527 g/mol. The number of nitrogens with zero attached hydrogens (tertiary/aromatic N) is 2. The van der Waals surface area contributed by atoms with E-state index in [9.17, 15) is 14.7 Å². The molecule has 3 heterocycles. The van der Waals surface area contributed by atoms with Gasteiger partial charge >= 0.3 is 5.91 Å². The third-order valence-electron chi connectivity index (χ3n) is 6.99. The molecule has 0 spiro atoms. The van der Waals surface area contributed by atoms with Gasteiger partial charge in [0.15, 0.2) is 16.6 Å². The van der Waals surface area contributed by atoms with Gasteiger partial charge in [-0.2, -0.15) is 0 Å². The molecule has 1 atom stereocenters. The number of benzene rings is 3. The number of aryl methyl sites for hydroxylation is 3. The molecule has 1 N–H and O–H groups in total. The lowest BCUT2D eigenvalue weighted by molar-refractivity contribution is -0.132. The zero-order chi connectivity index (χ0) is 26.6. The molecule has 8 heteroatoms. The number of carbonyl (C=O) groups is 2. The first-order chi connectivity index (χ1) is 18.4. The fourth-order valence-electron chi connectivity index (χ4n) is 5.09. The number of aromatic nitrogens is 1. The number of amides is 1. The van der Waals surface area contributed by atoms with Crippen LogP contribution < -0.4 is 14.4 Å². The number of aliphatic hydroxyl groups is 1. The summed E-state index contributed by atoms with van der Waals surface area (Å²) in [5.74, 6) is -0.688. The summed E-state index contributed by atoms with van der Waals surface area (Å²) in [6.45, 7) is 6.89. The van der Waals surface area contributed by atoms with E-state index in [0.717, 1.165) is 33.3 Å². The second-order valence-electron chi connectivity index (χ2n) is 9.55. The largest absolute Gasteiger partial charge is 0.507 e. The highest BCUT2D eigenvalue weighted by Gasteiger charge is 2.48. The van der Waals surface area contributed by atoms with Crippen LogP contribution in [0.2, 0.25) is 0 Å². The average Bonchev–Trinajstić information content (AvgIpc) is 3.46. The van der Waals surface area contributed by atoms with Gasteiger partial charge in [-0.3, -0.25) is 14.5 Å². The van der Waals surface area contributed by atoms with E-state index in [-0.39, 0.29) is 11.3 Å². The van der Waals surface area contributed by atoms with Gasteiger partial charge in [0.2, 0.25) is 0 Å². The van der Waals surface area contributed by atoms with Gasteiger partial charge in [0, 0.05) is 5.56 Å². The van der Waals surface area contributed by atoms with Gasteiger partial charge in [0.25, 0.3) is 5.78 Å². The van der Waals surface area contributed by atoms with E-state index in [1.54, 1.807) is 18.2 Å². The van der Waals surface area contributed by atoms with Crippen LogP contribution in [0.4, 0.5) is 5.13 Å². The summed E-state index contributed by atoms with van der Waals surface area (Å²) in [7, 11) is 0. The van der Waals surface area contributed by atoms with Crippen molar-refractivity contribution in [2.75, 3.05) is 18.1 Å². The summed E-state index contributed by atoms with van der Waals surface area (Å²) >= 11 is 1.36. The molecule has 1 fully saturated rings. The SMILES string of the molecule is CCc1ccc([C@H]2C(=C(O)c3ccc4c(c3)OCCO4)C(=O)C(=O)N2c2nc3c(C)cc(C)cc3s2)cc1. The van der Waals surface area contributed by atoms with Crippen molar-refractivity contribution in [3.05, 3.63) is 88.0 Å². The normalized spacial score (nSPS) is 18.4. The van der Waals surface area contributed by atoms with E-state index in [1.165, 1.54) is 16.2 Å². The van der Waals surface area contributed by atoms with Crippen molar-refractivity contribution in [1.82, 2.24) is 4.98 Å². The third kappa shape index (κ3) is 3.92. The second-order valence-corrected chi connectivity index (χ2v) is 10.6. The Hall–Kier alpha value is -4.17. The number of hydrogen-bond donors (Lipinski definition) is 1. The highest BCUT2D eigenvalue weighted by molar-refractivity contribution is 7.22. The molecule has 6 rings (SSSR count). The third-order valence-corrected chi connectivity index (χ3v) is 7.99. The molecular weight excluding hydrogens is 500 g/mol. The number of ether oxygens (including phenoxy) is 2. The molecule has 7 nitrogen and oxygen atoms in total. The number of hydrogen-bond acceptors (Lipinski definition) is 7. The molecular formula is C30H26N2O5S. The molecule has 0 bridgehead atoms. The van der Waals surface area contributed by atoms with Gasteiger partial charge in [0.1, 0.15) is 19.0 Å². The van der Waals surface area contributed by atoms with Crippen LogP contribution in [0.5, 0.6) is 11.5 Å². The van der Waals surface area contributed by atoms with Gasteiger partial charge in [0.05, 0.1) is 21.8 Å². The molecule has 1 saturated heterocycles. The standard InChI is InChI=1S/C30H26N2O5S/c1-4-18-5-7-19(8-6-18)26-24(27(33)20-9-10-21-22(15-20)37-12-11-36-21)28(34)29(35)32(26)30-31-25-17(3)13-16(2)14-23(25)38-30/h5-10,13-15,26,33H,4,11-12H2,1-3H3/t26-/m0/s1. The minimum Gasteiger partial charge on any atom is -0.507 e. The molecule has 1 aromatic heterocycles. The predicted octanol–water partition coefficient (Wildman–Crippen LogP) is 5.87. The number of rotatable bonds is 4. The highest BCUT2D eigenvalue weighted by atomic mass is 32.1. The Labute approximate surface area is 224 Å². The molecule has 0 radical (unpaired) electrons. The van der Waals surface area contributed by atoms with Crippen LogP contribution >= 0.6 is 11.3 Å². The van der Waals surface area contributed by atoms with Crippen LogP contribution in [0.25, 0.3) is 16.0 Å². The van der Waals surface area contributed by atoms with Crippen LogP contribution in [0.15, 0.2) is 60.2 Å². The highest BCUT2D eigenvalue weighted by Crippen LogP contribution is 2.45. The molecule has 0 saturated carbocycles. The smallest absolute Gasteiger partial charge is 0.301 e. The van der Waals surface area contributed by atoms with Crippen LogP contribution in [0.3, 0.4) is 0 Å². The summed E-state index contributed by atoms with van der Waals surface area (Å²) in [5.41, 5.74) is 5.12. The van der Waals surface area contributed by atoms with Crippen molar-refractivity contribution in [3.8, 4) is 11.5 Å². The molecule has 0 unspecified atom stereocenters. The number of Topliss-reactive ketones (excluding diaryl/α,β-unsaturated/α-hetero) is 1. The topological polar surface area (TPSA) is 89.0 Å². The Kier molecular flexibility index (Phi) is 5.91. The minimum absolute atomic E-state index is 0.0167. The monoisotopic (exact) mass is 526 g/mol. The Morgan fingerprint density at radius 1 is 1.03 bits per heavy atom. The van der Waals surface area contributed by atoms with Crippen molar-refractivity contribution < 1.29 is 24.2 Å². The van der Waals surface area contributed by atoms with Crippen molar-refractivity contribution in [2.24, 2.45) is 0 Å². The lowest BCUT2D eigenvalue weighted by atomic mass is 9.94. The van der Waals surface area contributed by atoms with E-state index >= 15 is 0 Å². The summed E-state index contributed by atoms with van der Waals surface area (Å²) in [4.78, 5) is 33.3. The first kappa shape index (κ1) is 24.2. The molecule has 2 aliphatic rings. The molecule has 192 valence electrons. The Balaban J connectivity index is 1.54. The Bertz CT molecular complexity index is 1640. The van der Waals surface area contributed by atoms with Crippen molar-refractivity contribution in [1.29, 1.82) is 0 Å². The predicted molar refractivity (Wildman–Crippen MR) is 147 cm³/mol. The van der Waals surface area contributed by atoms with E-state index in [0.29, 0.717) is 41.0 Å². The summed E-state index contributed by atoms with van der Waals surface area (Å²) < 4.78 is 12.2. The number of fused-ring (bicyclic) bond motifs is 2. The Morgan fingerprint density at radius 2 is 1.76 bits per heavy atom. The van der Waals surface area contributed by atoms with Crippen molar-refractivity contribution in [3.63, 3.8) is 0 Å². The quantitative estimate of drug-likeness (QED) is 0.203. The second kappa shape index (κ2) is 9.29. The minimum atomic E-state index is -0.837. The van der Waals surface area contributed by atoms with E-state index in [2.05, 4.69) is 6.92 Å².